The van der Waals surface area contributed by atoms with Gasteiger partial charge in [-0.3, -0.25) is 4.79 Å². The number of carbonyl (C=O) groups excluding carboxylic acids is 1. The molecule has 0 aliphatic carbocycles. The lowest BCUT2D eigenvalue weighted by atomic mass is 9.92. The summed E-state index contributed by atoms with van der Waals surface area (Å²) in [4.78, 5) is 34.0. The highest BCUT2D eigenvalue weighted by Crippen LogP contribution is 2.47. The number of thioether (sulfide) groups is 1. The van der Waals surface area contributed by atoms with Crippen molar-refractivity contribution in [2.24, 2.45) is 0 Å². The molecule has 5 rings (SSSR count). The quantitative estimate of drug-likeness (QED) is 0.189. The third-order valence-corrected chi connectivity index (χ3v) is 9.67. The highest BCUT2D eigenvalue weighted by molar-refractivity contribution is 8.14. The zero-order valence-corrected chi connectivity index (χ0v) is 27.7. The summed E-state index contributed by atoms with van der Waals surface area (Å²) in [7, 11) is 1.26. The van der Waals surface area contributed by atoms with E-state index in [1.165, 1.54) is 32.4 Å². The van der Waals surface area contributed by atoms with Crippen molar-refractivity contribution in [1.82, 2.24) is 14.9 Å². The first-order valence-corrected chi connectivity index (χ1v) is 15.7. The average Bonchev–Trinajstić information content (AvgIpc) is 3.31. The van der Waals surface area contributed by atoms with E-state index >= 15 is 0 Å². The Bertz CT molecular complexity index is 1970. The van der Waals surface area contributed by atoms with E-state index in [1.807, 2.05) is 0 Å². The molecular formula is C34H26F9N3O4S. The van der Waals surface area contributed by atoms with E-state index < -0.39 is 70.0 Å². The van der Waals surface area contributed by atoms with E-state index in [4.69, 9.17) is 4.74 Å². The maximum absolute atomic E-state index is 13.9. The van der Waals surface area contributed by atoms with Crippen LogP contribution in [-0.2, 0) is 25.1 Å². The van der Waals surface area contributed by atoms with Crippen molar-refractivity contribution >= 4 is 23.0 Å². The van der Waals surface area contributed by atoms with E-state index in [1.54, 1.807) is 19.9 Å². The number of hydrogen-bond acceptors (Lipinski definition) is 6. The molecule has 2 aromatic heterocycles. The average molecular weight is 744 g/mol. The van der Waals surface area contributed by atoms with Crippen molar-refractivity contribution in [2.45, 2.75) is 57.1 Å². The number of carboxylic acids is 1. The number of alkyl halides is 9. The van der Waals surface area contributed by atoms with Gasteiger partial charge in [-0.05, 0) is 85.5 Å². The Morgan fingerprint density at radius 1 is 0.882 bits per heavy atom. The number of aryl methyl sites for hydroxylation is 2. The molecule has 1 aliphatic rings. The molecule has 7 nitrogen and oxygen atoms in total. The second-order valence-electron chi connectivity index (χ2n) is 11.8. The van der Waals surface area contributed by atoms with E-state index in [-0.39, 0.29) is 34.3 Å². The molecule has 0 unspecified atom stereocenters. The van der Waals surface area contributed by atoms with Crippen LogP contribution in [0, 0.1) is 13.8 Å². The number of carboxylic acid groups (broad SMARTS) is 1. The van der Waals surface area contributed by atoms with Gasteiger partial charge in [0.2, 0.25) is 5.88 Å². The van der Waals surface area contributed by atoms with E-state index in [0.717, 1.165) is 11.0 Å². The number of methoxy groups -OCH3 is 1. The Kier molecular flexibility index (Phi) is 9.84. The standard InChI is InChI=1S/C34H26F9N3O4S/c1-15-7-19(30(47)48)8-16(2)27(15)20-11-24(29(50-4)44-13-20)23-5-6-26(34(41,42)43)45-25(23)14-46-17(3)28(51-31(46)49)18-9-21(32(35,36)37)12-22(10-18)33(38,39)40/h5-13,17,28H,14H2,1-4H3,(H,47,48)/t17-,28-/m0/s1. The van der Waals surface area contributed by atoms with Crippen LogP contribution in [0.1, 0.15) is 61.7 Å². The van der Waals surface area contributed by atoms with Gasteiger partial charge in [-0.1, -0.05) is 17.8 Å². The third-order valence-electron chi connectivity index (χ3n) is 8.32. The molecule has 2 aromatic carbocycles. The molecule has 3 heterocycles. The summed E-state index contributed by atoms with van der Waals surface area (Å²) < 4.78 is 129. The van der Waals surface area contributed by atoms with Gasteiger partial charge in [-0.15, -0.1) is 0 Å². The summed E-state index contributed by atoms with van der Waals surface area (Å²) in [5, 5.41) is 7.39. The Balaban J connectivity index is 1.61. The summed E-state index contributed by atoms with van der Waals surface area (Å²) >= 11 is 0.441. The van der Waals surface area contributed by atoms with Crippen LogP contribution in [0.4, 0.5) is 44.3 Å². The van der Waals surface area contributed by atoms with Gasteiger partial charge < -0.3 is 14.7 Å². The molecule has 51 heavy (non-hydrogen) atoms. The van der Waals surface area contributed by atoms with Crippen LogP contribution in [0.2, 0.25) is 0 Å². The number of ether oxygens (including phenoxy) is 1. The molecule has 270 valence electrons. The number of aromatic carboxylic acids is 1. The van der Waals surface area contributed by atoms with Crippen molar-refractivity contribution in [2.75, 3.05) is 7.11 Å². The number of hydrogen-bond donors (Lipinski definition) is 1. The number of carbonyl (C=O) groups is 2. The van der Waals surface area contributed by atoms with Crippen molar-refractivity contribution in [1.29, 1.82) is 0 Å². The predicted octanol–water partition coefficient (Wildman–Crippen LogP) is 9.99. The van der Waals surface area contributed by atoms with Gasteiger partial charge in [0.05, 0.1) is 41.3 Å². The second kappa shape index (κ2) is 13.4. The molecule has 0 bridgehead atoms. The Hall–Kier alpha value is -4.80. The number of rotatable bonds is 7. The highest BCUT2D eigenvalue weighted by Gasteiger charge is 2.43. The zero-order chi connectivity index (χ0) is 37.8. The molecule has 0 radical (unpaired) electrons. The Labute approximate surface area is 288 Å². The second-order valence-corrected chi connectivity index (χ2v) is 12.9. The summed E-state index contributed by atoms with van der Waals surface area (Å²) in [6.45, 7) is 4.08. The number of benzene rings is 2. The molecule has 17 heteroatoms. The number of aromatic nitrogens is 2. The first-order chi connectivity index (χ1) is 23.6. The van der Waals surface area contributed by atoms with Crippen LogP contribution in [0.15, 0.2) is 54.7 Å². The van der Waals surface area contributed by atoms with Gasteiger partial charge in [-0.25, -0.2) is 14.8 Å². The monoisotopic (exact) mass is 743 g/mol. The van der Waals surface area contributed by atoms with Gasteiger partial charge in [0.15, 0.2) is 0 Å². The van der Waals surface area contributed by atoms with Crippen LogP contribution in [0.25, 0.3) is 22.3 Å². The molecular weight excluding hydrogens is 717 g/mol. The van der Waals surface area contributed by atoms with Gasteiger partial charge in [0, 0.05) is 28.9 Å². The number of pyridine rings is 2. The summed E-state index contributed by atoms with van der Waals surface area (Å²) in [5.74, 6) is -1.20. The molecule has 4 aromatic rings. The first kappa shape index (κ1) is 37.5. The molecule has 1 fully saturated rings. The Morgan fingerprint density at radius 2 is 1.47 bits per heavy atom. The molecule has 1 saturated heterocycles. The first-order valence-electron chi connectivity index (χ1n) is 14.8. The van der Waals surface area contributed by atoms with E-state index in [0.29, 0.717) is 52.2 Å². The molecule has 1 amide bonds. The lowest BCUT2D eigenvalue weighted by Gasteiger charge is -2.26. The third kappa shape index (κ3) is 7.62. The van der Waals surface area contributed by atoms with E-state index in [9.17, 15) is 54.2 Å². The normalized spacial score (nSPS) is 16.9. The molecule has 0 saturated carbocycles. The van der Waals surface area contributed by atoms with Crippen LogP contribution >= 0.6 is 11.8 Å². The number of nitrogens with zero attached hydrogens (tertiary/aromatic N) is 3. The molecule has 1 N–H and O–H groups in total. The van der Waals surface area contributed by atoms with Crippen LogP contribution in [-0.4, -0.2) is 44.3 Å². The molecule has 1 aliphatic heterocycles. The fourth-order valence-electron chi connectivity index (χ4n) is 5.98. The summed E-state index contributed by atoms with van der Waals surface area (Å²) in [5.41, 5.74) is -2.87. The van der Waals surface area contributed by atoms with Crippen LogP contribution in [0.5, 0.6) is 5.88 Å². The van der Waals surface area contributed by atoms with Gasteiger partial charge in [-0.2, -0.15) is 39.5 Å². The van der Waals surface area contributed by atoms with Crippen molar-refractivity contribution in [3.8, 4) is 28.1 Å². The molecule has 0 spiro atoms. The zero-order valence-electron chi connectivity index (χ0n) is 26.9. The highest BCUT2D eigenvalue weighted by atomic mass is 32.2. The SMILES string of the molecule is COc1ncc(-c2c(C)cc(C(=O)O)cc2C)cc1-c1ccc(C(F)(F)F)nc1CN1C(=O)S[C@H](c2cc(C(F)(F)F)cc(C(F)(F)F)c2)[C@@H]1C. The smallest absolute Gasteiger partial charge is 0.433 e. The minimum absolute atomic E-state index is 0.0324. The largest absolute Gasteiger partial charge is 0.481 e. The lowest BCUT2D eigenvalue weighted by molar-refractivity contribution is -0.143. The maximum atomic E-state index is 13.9. The minimum Gasteiger partial charge on any atom is -0.481 e. The maximum Gasteiger partial charge on any atom is 0.433 e. The van der Waals surface area contributed by atoms with Crippen LogP contribution in [0.3, 0.4) is 0 Å². The lowest BCUT2D eigenvalue weighted by Crippen LogP contribution is -2.32. The fraction of sp³-hybridized carbons (Fsp3) is 0.294. The van der Waals surface area contributed by atoms with Crippen molar-refractivity contribution in [3.63, 3.8) is 0 Å². The number of amides is 1. The van der Waals surface area contributed by atoms with E-state index in [2.05, 4.69) is 9.97 Å². The summed E-state index contributed by atoms with van der Waals surface area (Å²) in [6.07, 6.45) is -13.8. The minimum atomic E-state index is -5.14. The van der Waals surface area contributed by atoms with Crippen molar-refractivity contribution < 1.29 is 58.9 Å². The topological polar surface area (TPSA) is 92.6 Å². The molecule has 2 atom stereocenters. The van der Waals surface area contributed by atoms with Gasteiger partial charge >= 0.3 is 24.5 Å². The summed E-state index contributed by atoms with van der Waals surface area (Å²) in [6, 6.07) is 6.13. The van der Waals surface area contributed by atoms with Crippen LogP contribution < -0.4 is 4.74 Å². The van der Waals surface area contributed by atoms with Gasteiger partial charge in [0.1, 0.15) is 5.69 Å². The van der Waals surface area contributed by atoms with Crippen molar-refractivity contribution in [3.05, 3.63) is 99.5 Å². The number of halogens is 9. The Morgan fingerprint density at radius 3 is 1.98 bits per heavy atom. The fourth-order valence-corrected chi connectivity index (χ4v) is 7.18. The van der Waals surface area contributed by atoms with Gasteiger partial charge in [0.25, 0.3) is 5.24 Å². The predicted molar refractivity (Wildman–Crippen MR) is 168 cm³/mol.